The van der Waals surface area contributed by atoms with Crippen LogP contribution >= 0.6 is 0 Å². The fourth-order valence-corrected chi connectivity index (χ4v) is 2.74. The predicted molar refractivity (Wildman–Crippen MR) is 74.2 cm³/mol. The summed E-state index contributed by atoms with van der Waals surface area (Å²) in [7, 11) is 1.44. The lowest BCUT2D eigenvalue weighted by molar-refractivity contribution is -0.146. The Balaban J connectivity index is 1.67. The van der Waals surface area contributed by atoms with Crippen molar-refractivity contribution in [1.82, 2.24) is 15.2 Å². The second-order valence-corrected chi connectivity index (χ2v) is 5.23. The number of aromatic nitrogens is 3. The Labute approximate surface area is 122 Å². The summed E-state index contributed by atoms with van der Waals surface area (Å²) >= 11 is 0. The van der Waals surface area contributed by atoms with Crippen LogP contribution in [0, 0.1) is 5.92 Å². The van der Waals surface area contributed by atoms with Crippen molar-refractivity contribution in [3.8, 4) is 11.6 Å². The van der Waals surface area contributed by atoms with E-state index in [-0.39, 0.29) is 17.8 Å². The second-order valence-electron chi connectivity index (χ2n) is 5.23. The molecule has 0 amide bonds. The molecule has 1 aliphatic carbocycles. The molecular weight excluding hydrogens is 270 g/mol. The maximum atomic E-state index is 11.5. The number of pyridine rings is 1. The zero-order valence-corrected chi connectivity index (χ0v) is 11.9. The minimum absolute atomic E-state index is 0.00410. The van der Waals surface area contributed by atoms with Crippen LogP contribution in [0.2, 0.25) is 0 Å². The number of rotatable bonds is 3. The zero-order chi connectivity index (χ0) is 14.7. The van der Waals surface area contributed by atoms with E-state index in [0.717, 1.165) is 25.7 Å². The summed E-state index contributed by atoms with van der Waals surface area (Å²) in [5, 5.41) is 8.19. The first-order valence-corrected chi connectivity index (χ1v) is 7.10. The molecule has 6 heteroatoms. The van der Waals surface area contributed by atoms with Crippen molar-refractivity contribution in [3.05, 3.63) is 30.3 Å². The van der Waals surface area contributed by atoms with Crippen LogP contribution in [0.4, 0.5) is 0 Å². The Bertz CT molecular complexity index is 604. The Kier molecular flexibility index (Phi) is 3.94. The van der Waals surface area contributed by atoms with Crippen LogP contribution in [0.1, 0.15) is 37.5 Å². The second kappa shape index (κ2) is 6.03. The Morgan fingerprint density at radius 1 is 1.24 bits per heavy atom. The molecule has 0 aliphatic heterocycles. The van der Waals surface area contributed by atoms with Gasteiger partial charge in [0.25, 0.3) is 5.89 Å². The largest absolute Gasteiger partial charge is 0.469 e. The predicted octanol–water partition coefficient (Wildman–Crippen LogP) is 2.58. The smallest absolute Gasteiger partial charge is 0.308 e. The van der Waals surface area contributed by atoms with Gasteiger partial charge in [0.05, 0.1) is 13.0 Å². The van der Waals surface area contributed by atoms with Crippen LogP contribution in [-0.4, -0.2) is 28.3 Å². The Morgan fingerprint density at radius 2 is 2.05 bits per heavy atom. The van der Waals surface area contributed by atoms with E-state index in [0.29, 0.717) is 17.5 Å². The molecule has 0 radical (unpaired) electrons. The molecule has 0 N–H and O–H groups in total. The minimum Gasteiger partial charge on any atom is -0.469 e. The van der Waals surface area contributed by atoms with Crippen molar-refractivity contribution in [2.45, 2.75) is 31.6 Å². The van der Waals surface area contributed by atoms with Gasteiger partial charge in [-0.25, -0.2) is 0 Å². The van der Waals surface area contributed by atoms with E-state index in [1.165, 1.54) is 7.11 Å². The Hall–Kier alpha value is -2.24. The van der Waals surface area contributed by atoms with Gasteiger partial charge in [0.15, 0.2) is 0 Å². The SMILES string of the molecule is COC(=O)[C@H]1CC[C@H](c2nnc(-c3ccccn3)o2)CC1. The molecule has 3 rings (SSSR count). The zero-order valence-electron chi connectivity index (χ0n) is 11.9. The van der Waals surface area contributed by atoms with Crippen LogP contribution < -0.4 is 0 Å². The molecule has 6 nitrogen and oxygen atoms in total. The lowest BCUT2D eigenvalue weighted by Crippen LogP contribution is -2.22. The standard InChI is InChI=1S/C15H17N3O3/c1-20-15(19)11-7-5-10(6-8-11)13-17-18-14(21-13)12-4-2-3-9-16-12/h2-4,9-11H,5-8H2,1H3/t10-,11-. The fourth-order valence-electron chi connectivity index (χ4n) is 2.74. The van der Waals surface area contributed by atoms with Crippen molar-refractivity contribution >= 4 is 5.97 Å². The van der Waals surface area contributed by atoms with Gasteiger partial charge in [0, 0.05) is 12.1 Å². The number of esters is 1. The molecule has 0 saturated heterocycles. The van der Waals surface area contributed by atoms with Crippen LogP contribution in [0.25, 0.3) is 11.6 Å². The maximum Gasteiger partial charge on any atom is 0.308 e. The first kappa shape index (κ1) is 13.7. The van der Waals surface area contributed by atoms with Crippen LogP contribution in [-0.2, 0) is 9.53 Å². The third-order valence-corrected chi connectivity index (χ3v) is 3.94. The summed E-state index contributed by atoms with van der Waals surface area (Å²) in [4.78, 5) is 15.7. The highest BCUT2D eigenvalue weighted by Crippen LogP contribution is 2.36. The lowest BCUT2D eigenvalue weighted by atomic mass is 9.82. The average molecular weight is 287 g/mol. The van der Waals surface area contributed by atoms with E-state index in [1.54, 1.807) is 6.20 Å². The summed E-state index contributed by atoms with van der Waals surface area (Å²) in [6, 6.07) is 5.56. The summed E-state index contributed by atoms with van der Waals surface area (Å²) in [5.74, 6) is 1.19. The molecule has 21 heavy (non-hydrogen) atoms. The highest BCUT2D eigenvalue weighted by atomic mass is 16.5. The van der Waals surface area contributed by atoms with Crippen molar-refractivity contribution < 1.29 is 13.9 Å². The average Bonchev–Trinajstić information content (AvgIpc) is 3.05. The number of ether oxygens (including phenoxy) is 1. The fraction of sp³-hybridized carbons (Fsp3) is 0.467. The van der Waals surface area contributed by atoms with E-state index >= 15 is 0 Å². The van der Waals surface area contributed by atoms with Gasteiger partial charge < -0.3 is 9.15 Å². The minimum atomic E-state index is -0.117. The van der Waals surface area contributed by atoms with Crippen LogP contribution in [0.3, 0.4) is 0 Å². The Morgan fingerprint density at radius 3 is 2.71 bits per heavy atom. The van der Waals surface area contributed by atoms with Crippen molar-refractivity contribution in [2.24, 2.45) is 5.92 Å². The number of hydrogen-bond donors (Lipinski definition) is 0. The molecule has 1 aliphatic rings. The summed E-state index contributed by atoms with van der Waals surface area (Å²) in [6.45, 7) is 0. The van der Waals surface area contributed by atoms with E-state index in [9.17, 15) is 4.79 Å². The molecule has 0 unspecified atom stereocenters. The maximum absolute atomic E-state index is 11.5. The van der Waals surface area contributed by atoms with E-state index in [1.807, 2.05) is 18.2 Å². The third-order valence-electron chi connectivity index (χ3n) is 3.94. The molecule has 1 saturated carbocycles. The van der Waals surface area contributed by atoms with E-state index < -0.39 is 0 Å². The first-order valence-electron chi connectivity index (χ1n) is 7.10. The summed E-state index contributed by atoms with van der Waals surface area (Å²) < 4.78 is 10.5. The molecule has 0 aromatic carbocycles. The van der Waals surface area contributed by atoms with Gasteiger partial charge in [-0.3, -0.25) is 9.78 Å². The van der Waals surface area contributed by atoms with Gasteiger partial charge in [-0.05, 0) is 37.8 Å². The molecule has 1 fully saturated rings. The first-order chi connectivity index (χ1) is 10.3. The number of carbonyl (C=O) groups excluding carboxylic acids is 1. The monoisotopic (exact) mass is 287 g/mol. The third kappa shape index (κ3) is 2.94. The molecule has 0 bridgehead atoms. The van der Waals surface area contributed by atoms with Gasteiger partial charge >= 0.3 is 5.97 Å². The van der Waals surface area contributed by atoms with Gasteiger partial charge in [-0.2, -0.15) is 0 Å². The highest BCUT2D eigenvalue weighted by Gasteiger charge is 2.30. The van der Waals surface area contributed by atoms with Gasteiger partial charge in [0.1, 0.15) is 5.69 Å². The van der Waals surface area contributed by atoms with Gasteiger partial charge in [-0.1, -0.05) is 6.07 Å². The van der Waals surface area contributed by atoms with Crippen molar-refractivity contribution in [3.63, 3.8) is 0 Å². The molecule has 2 aromatic heterocycles. The van der Waals surface area contributed by atoms with Gasteiger partial charge in [0.2, 0.25) is 5.89 Å². The lowest BCUT2D eigenvalue weighted by Gasteiger charge is -2.24. The number of carbonyl (C=O) groups is 1. The number of nitrogens with zero attached hydrogens (tertiary/aromatic N) is 3. The van der Waals surface area contributed by atoms with Crippen LogP contribution in [0.5, 0.6) is 0 Å². The van der Waals surface area contributed by atoms with Crippen molar-refractivity contribution in [1.29, 1.82) is 0 Å². The quantitative estimate of drug-likeness (QED) is 0.807. The van der Waals surface area contributed by atoms with Crippen LogP contribution in [0.15, 0.2) is 28.8 Å². The van der Waals surface area contributed by atoms with Gasteiger partial charge in [-0.15, -0.1) is 10.2 Å². The summed E-state index contributed by atoms with van der Waals surface area (Å²) in [5.41, 5.74) is 0.680. The van der Waals surface area contributed by atoms with E-state index in [2.05, 4.69) is 15.2 Å². The molecular formula is C15H17N3O3. The highest BCUT2D eigenvalue weighted by molar-refractivity contribution is 5.72. The molecule has 110 valence electrons. The summed E-state index contributed by atoms with van der Waals surface area (Å²) in [6.07, 6.45) is 5.03. The molecule has 0 spiro atoms. The molecule has 0 atom stereocenters. The number of hydrogen-bond acceptors (Lipinski definition) is 6. The topological polar surface area (TPSA) is 78.1 Å². The number of methoxy groups -OCH3 is 1. The van der Waals surface area contributed by atoms with Crippen molar-refractivity contribution in [2.75, 3.05) is 7.11 Å². The van der Waals surface area contributed by atoms with E-state index in [4.69, 9.17) is 9.15 Å². The molecule has 2 aromatic rings. The normalized spacial score (nSPS) is 22.0. The molecule has 2 heterocycles.